The van der Waals surface area contributed by atoms with Crippen LogP contribution < -0.4 is 5.32 Å². The molecular weight excluding hydrogens is 491 g/mol. The van der Waals surface area contributed by atoms with Gasteiger partial charge in [-0.05, 0) is 38.1 Å². The molecule has 0 saturated heterocycles. The van der Waals surface area contributed by atoms with Crippen LogP contribution in [0.15, 0.2) is 36.4 Å². The minimum atomic E-state index is -0.613. The van der Waals surface area contributed by atoms with Crippen molar-refractivity contribution in [1.82, 2.24) is 20.0 Å². The van der Waals surface area contributed by atoms with Gasteiger partial charge in [-0.25, -0.2) is 9.18 Å². The van der Waals surface area contributed by atoms with Gasteiger partial charge in [0.25, 0.3) is 0 Å². The van der Waals surface area contributed by atoms with Crippen molar-refractivity contribution in [2.75, 3.05) is 13.7 Å². The number of amides is 2. The van der Waals surface area contributed by atoms with E-state index in [0.717, 1.165) is 0 Å². The Morgan fingerprint density at radius 3 is 2.56 bits per heavy atom. The Balaban J connectivity index is 1.78. The summed E-state index contributed by atoms with van der Waals surface area (Å²) in [7, 11) is 1.25. The van der Waals surface area contributed by atoms with Gasteiger partial charge in [0.2, 0.25) is 11.8 Å². The predicted octanol–water partition coefficient (Wildman–Crippen LogP) is 3.37. The number of Topliss-reactive ketones (excluding diaryl/α,β-unsaturated/α-hetero) is 1. The number of benzene rings is 2. The van der Waals surface area contributed by atoms with E-state index in [0.29, 0.717) is 10.9 Å². The van der Waals surface area contributed by atoms with Gasteiger partial charge in [0.1, 0.15) is 18.1 Å². The van der Waals surface area contributed by atoms with E-state index in [-0.39, 0.29) is 53.3 Å². The van der Waals surface area contributed by atoms with Crippen LogP contribution in [0, 0.1) is 5.82 Å². The molecule has 11 heteroatoms. The number of rotatable bonds is 9. The zero-order valence-corrected chi connectivity index (χ0v) is 21.1. The summed E-state index contributed by atoms with van der Waals surface area (Å²) in [6, 6.07) is 8.76. The fraction of sp³-hybridized carbons (Fsp3) is 0.320. The van der Waals surface area contributed by atoms with Crippen LogP contribution in [0.25, 0.3) is 10.9 Å². The SMILES string of the molecule is COC(=O)c1ccc2c(c1)c(C(C)=O)nn2CC(=O)N(CC(=O)NCc1cccc(Cl)c1F)C(C)C. The lowest BCUT2D eigenvalue weighted by Crippen LogP contribution is -2.45. The lowest BCUT2D eigenvalue weighted by atomic mass is 10.1. The van der Waals surface area contributed by atoms with Crippen molar-refractivity contribution in [2.45, 2.75) is 39.9 Å². The summed E-state index contributed by atoms with van der Waals surface area (Å²) in [5, 5.41) is 7.25. The van der Waals surface area contributed by atoms with Crippen LogP contribution in [0.5, 0.6) is 0 Å². The topological polar surface area (TPSA) is 111 Å². The number of esters is 1. The fourth-order valence-electron chi connectivity index (χ4n) is 3.67. The zero-order valence-electron chi connectivity index (χ0n) is 20.3. The molecule has 0 aliphatic heterocycles. The molecule has 0 atom stereocenters. The number of ketones is 1. The number of halogens is 2. The summed E-state index contributed by atoms with van der Waals surface area (Å²) in [4.78, 5) is 51.1. The number of nitrogens with one attached hydrogen (secondary N) is 1. The first kappa shape index (κ1) is 26.8. The Hall–Kier alpha value is -3.79. The summed E-state index contributed by atoms with van der Waals surface area (Å²) >= 11 is 5.77. The summed E-state index contributed by atoms with van der Waals surface area (Å²) < 4.78 is 20.2. The van der Waals surface area contributed by atoms with Gasteiger partial charge in [-0.15, -0.1) is 0 Å². The van der Waals surface area contributed by atoms with E-state index in [1.807, 2.05) is 0 Å². The van der Waals surface area contributed by atoms with Gasteiger partial charge in [-0.1, -0.05) is 23.7 Å². The van der Waals surface area contributed by atoms with Crippen molar-refractivity contribution in [2.24, 2.45) is 0 Å². The van der Waals surface area contributed by atoms with E-state index in [9.17, 15) is 23.6 Å². The van der Waals surface area contributed by atoms with Crippen molar-refractivity contribution in [3.63, 3.8) is 0 Å². The molecule has 1 heterocycles. The highest BCUT2D eigenvalue weighted by Crippen LogP contribution is 2.22. The third-order valence-electron chi connectivity index (χ3n) is 5.56. The van der Waals surface area contributed by atoms with Crippen molar-refractivity contribution < 1.29 is 28.3 Å². The molecule has 0 radical (unpaired) electrons. The second kappa shape index (κ2) is 11.3. The smallest absolute Gasteiger partial charge is 0.337 e. The highest BCUT2D eigenvalue weighted by molar-refractivity contribution is 6.30. The summed E-state index contributed by atoms with van der Waals surface area (Å²) in [6.45, 7) is 4.27. The summed E-state index contributed by atoms with van der Waals surface area (Å²) in [5.74, 6) is -2.40. The highest BCUT2D eigenvalue weighted by Gasteiger charge is 2.24. The van der Waals surface area contributed by atoms with E-state index in [1.54, 1.807) is 26.0 Å². The molecule has 0 spiro atoms. The van der Waals surface area contributed by atoms with Crippen molar-refractivity contribution in [3.8, 4) is 0 Å². The largest absolute Gasteiger partial charge is 0.465 e. The summed E-state index contributed by atoms with van der Waals surface area (Å²) in [6.07, 6.45) is 0. The molecule has 0 bridgehead atoms. The zero-order chi connectivity index (χ0) is 26.6. The maximum absolute atomic E-state index is 14.1. The maximum Gasteiger partial charge on any atom is 0.337 e. The van der Waals surface area contributed by atoms with Crippen molar-refractivity contribution >= 4 is 46.1 Å². The molecule has 0 unspecified atom stereocenters. The van der Waals surface area contributed by atoms with Gasteiger partial charge >= 0.3 is 5.97 Å². The number of hydrogen-bond acceptors (Lipinski definition) is 6. The average molecular weight is 517 g/mol. The standard InChI is InChI=1S/C25H26ClFN4O5/c1-14(2)30(12-21(33)28-11-17-6-5-7-19(26)23(17)27)22(34)13-31-20-9-8-16(25(35)36-4)10-18(20)24(29-31)15(3)32/h5-10,14H,11-13H2,1-4H3,(H,28,33). The first-order valence-electron chi connectivity index (χ1n) is 11.1. The lowest BCUT2D eigenvalue weighted by Gasteiger charge is -2.26. The maximum atomic E-state index is 14.1. The second-order valence-electron chi connectivity index (χ2n) is 8.39. The van der Waals surface area contributed by atoms with Crippen LogP contribution in [0.3, 0.4) is 0 Å². The number of ether oxygens (including phenoxy) is 1. The first-order chi connectivity index (χ1) is 17.0. The molecule has 3 aromatic rings. The molecule has 0 aliphatic carbocycles. The quantitative estimate of drug-likeness (QED) is 0.345. The molecule has 3 rings (SSSR count). The molecule has 0 fully saturated rings. The van der Waals surface area contributed by atoms with Gasteiger partial charge in [0.05, 0.1) is 29.8 Å². The van der Waals surface area contributed by atoms with E-state index in [4.69, 9.17) is 16.3 Å². The van der Waals surface area contributed by atoms with E-state index >= 15 is 0 Å². The Morgan fingerprint density at radius 1 is 1.19 bits per heavy atom. The second-order valence-corrected chi connectivity index (χ2v) is 8.80. The molecule has 2 amide bonds. The minimum Gasteiger partial charge on any atom is -0.465 e. The third kappa shape index (κ3) is 5.88. The van der Waals surface area contributed by atoms with Crippen LogP contribution in [-0.2, 0) is 27.4 Å². The molecular formula is C25H26ClFN4O5. The normalized spacial score (nSPS) is 11.0. The monoisotopic (exact) mass is 516 g/mol. The lowest BCUT2D eigenvalue weighted by molar-refractivity contribution is -0.138. The minimum absolute atomic E-state index is 0.0455. The van der Waals surface area contributed by atoms with Crippen LogP contribution in [0.2, 0.25) is 5.02 Å². The predicted molar refractivity (Wildman–Crippen MR) is 131 cm³/mol. The molecule has 190 valence electrons. The number of carbonyl (C=O) groups excluding carboxylic acids is 4. The number of carbonyl (C=O) groups is 4. The molecule has 0 aliphatic rings. The molecule has 1 N–H and O–H groups in total. The molecule has 2 aromatic carbocycles. The number of fused-ring (bicyclic) bond motifs is 1. The number of hydrogen-bond donors (Lipinski definition) is 1. The van der Waals surface area contributed by atoms with Gasteiger partial charge in [-0.2, -0.15) is 5.10 Å². The van der Waals surface area contributed by atoms with Crippen molar-refractivity contribution in [1.29, 1.82) is 0 Å². The number of aromatic nitrogens is 2. The molecule has 0 saturated carbocycles. The van der Waals surface area contributed by atoms with Gasteiger partial charge in [0, 0.05) is 30.5 Å². The van der Waals surface area contributed by atoms with Gasteiger partial charge in [-0.3, -0.25) is 19.1 Å². The molecule has 9 nitrogen and oxygen atoms in total. The Bertz CT molecular complexity index is 1340. The average Bonchev–Trinajstić information content (AvgIpc) is 3.20. The summed E-state index contributed by atoms with van der Waals surface area (Å²) in [5.41, 5.74) is 1.06. The van der Waals surface area contributed by atoms with Crippen LogP contribution in [0.4, 0.5) is 4.39 Å². The Morgan fingerprint density at radius 2 is 1.92 bits per heavy atom. The Labute approximate surface area is 212 Å². The molecule has 1 aromatic heterocycles. The van der Waals surface area contributed by atoms with E-state index < -0.39 is 23.6 Å². The van der Waals surface area contributed by atoms with Crippen LogP contribution in [-0.4, -0.2) is 57.9 Å². The van der Waals surface area contributed by atoms with E-state index in [1.165, 1.54) is 47.9 Å². The number of nitrogens with zero attached hydrogens (tertiary/aromatic N) is 3. The van der Waals surface area contributed by atoms with Crippen LogP contribution in [0.1, 0.15) is 47.2 Å². The van der Waals surface area contributed by atoms with Crippen LogP contribution >= 0.6 is 11.6 Å². The third-order valence-corrected chi connectivity index (χ3v) is 5.85. The highest BCUT2D eigenvalue weighted by atomic mass is 35.5. The fourth-order valence-corrected chi connectivity index (χ4v) is 3.87. The first-order valence-corrected chi connectivity index (χ1v) is 11.5. The van der Waals surface area contributed by atoms with Crippen molar-refractivity contribution in [3.05, 3.63) is 64.1 Å². The van der Waals surface area contributed by atoms with E-state index in [2.05, 4.69) is 10.4 Å². The van der Waals surface area contributed by atoms with Gasteiger partial charge in [0.15, 0.2) is 5.78 Å². The molecule has 36 heavy (non-hydrogen) atoms. The number of methoxy groups -OCH3 is 1. The Kier molecular flexibility index (Phi) is 8.41. The van der Waals surface area contributed by atoms with Gasteiger partial charge < -0.3 is 15.0 Å².